The van der Waals surface area contributed by atoms with Crippen molar-refractivity contribution < 1.29 is 4.79 Å². The summed E-state index contributed by atoms with van der Waals surface area (Å²) in [5, 5.41) is 16.9. The first-order valence-corrected chi connectivity index (χ1v) is 13.4. The van der Waals surface area contributed by atoms with Crippen molar-refractivity contribution in [2.24, 2.45) is 0 Å². The third-order valence-electron chi connectivity index (χ3n) is 6.54. The highest BCUT2D eigenvalue weighted by Gasteiger charge is 2.28. The van der Waals surface area contributed by atoms with Gasteiger partial charge in [0.15, 0.2) is 0 Å². The van der Waals surface area contributed by atoms with Gasteiger partial charge in [-0.25, -0.2) is 9.78 Å². The molecule has 8 heteroatoms. The summed E-state index contributed by atoms with van der Waals surface area (Å²) in [6, 6.07) is 17.0. The predicted molar refractivity (Wildman–Crippen MR) is 145 cm³/mol. The third-order valence-corrected chi connectivity index (χ3v) is 7.51. The molecular weight excluding hydrogens is 468 g/mol. The lowest BCUT2D eigenvalue weighted by Gasteiger charge is -2.30. The Morgan fingerprint density at radius 1 is 1.22 bits per heavy atom. The van der Waals surface area contributed by atoms with Crippen molar-refractivity contribution in [2.75, 3.05) is 11.1 Å². The Morgan fingerprint density at radius 2 is 2.03 bits per heavy atom. The highest BCUT2D eigenvalue weighted by atomic mass is 32.2. The number of urea groups is 1. The fraction of sp³-hybridized carbons (Fsp3) is 0.321. The number of carbonyl (C=O) groups is 1. The van der Waals surface area contributed by atoms with Crippen molar-refractivity contribution in [3.8, 4) is 17.3 Å². The van der Waals surface area contributed by atoms with Crippen LogP contribution in [0.4, 0.5) is 10.5 Å². The largest absolute Gasteiger partial charge is 0.337 e. The standard InChI is InChI=1S/C28H30N6OS/c1-19(2)31-28(35)32-21-8-6-20(7-9-21)27-25(17-29)24-11-10-23(36-15-14-33-13-12-30-18-33)16-26(24)34(27)22-4-3-5-22/h6-13,16,18-19,22H,3-5,14-15H2,1-2H3,(H2,31,32,35). The smallest absolute Gasteiger partial charge is 0.319 e. The summed E-state index contributed by atoms with van der Waals surface area (Å²) in [7, 11) is 0. The van der Waals surface area contributed by atoms with Crippen molar-refractivity contribution in [1.82, 2.24) is 19.4 Å². The van der Waals surface area contributed by atoms with Gasteiger partial charge < -0.3 is 19.8 Å². The Labute approximate surface area is 215 Å². The summed E-state index contributed by atoms with van der Waals surface area (Å²) in [6.07, 6.45) is 9.07. The van der Waals surface area contributed by atoms with Gasteiger partial charge in [-0.1, -0.05) is 18.2 Å². The second-order valence-corrected chi connectivity index (χ2v) is 10.6. The molecule has 5 rings (SSSR count). The Hall–Kier alpha value is -3.70. The normalized spacial score (nSPS) is 13.5. The molecule has 1 aliphatic carbocycles. The first-order valence-electron chi connectivity index (χ1n) is 12.4. The summed E-state index contributed by atoms with van der Waals surface area (Å²) in [5.74, 6) is 0.947. The number of hydrogen-bond acceptors (Lipinski definition) is 4. The van der Waals surface area contributed by atoms with Crippen LogP contribution in [-0.4, -0.2) is 31.9 Å². The van der Waals surface area contributed by atoms with Crippen LogP contribution in [0.5, 0.6) is 0 Å². The number of anilines is 1. The Kier molecular flexibility index (Phi) is 7.01. The number of nitrogens with zero attached hydrogens (tertiary/aromatic N) is 4. The number of amides is 2. The van der Waals surface area contributed by atoms with Crippen LogP contribution in [-0.2, 0) is 6.54 Å². The fourth-order valence-electron chi connectivity index (χ4n) is 4.63. The average molecular weight is 499 g/mol. The lowest BCUT2D eigenvalue weighted by Crippen LogP contribution is -2.34. The molecule has 7 nitrogen and oxygen atoms in total. The minimum Gasteiger partial charge on any atom is -0.337 e. The maximum absolute atomic E-state index is 12.1. The second kappa shape index (κ2) is 10.5. The van der Waals surface area contributed by atoms with E-state index in [1.165, 1.54) is 11.3 Å². The number of carbonyl (C=O) groups excluding carboxylic acids is 1. The molecule has 0 bridgehead atoms. The van der Waals surface area contributed by atoms with Gasteiger partial charge in [0.1, 0.15) is 6.07 Å². The van der Waals surface area contributed by atoms with Crippen LogP contribution < -0.4 is 10.6 Å². The number of nitrogens with one attached hydrogen (secondary N) is 2. The van der Waals surface area contributed by atoms with E-state index >= 15 is 0 Å². The van der Waals surface area contributed by atoms with E-state index < -0.39 is 0 Å². The molecule has 2 aromatic heterocycles. The Balaban J connectivity index is 1.47. The van der Waals surface area contributed by atoms with Gasteiger partial charge in [-0.2, -0.15) is 5.26 Å². The lowest BCUT2D eigenvalue weighted by atomic mass is 9.92. The van der Waals surface area contributed by atoms with E-state index in [4.69, 9.17) is 0 Å². The highest BCUT2D eigenvalue weighted by Crippen LogP contribution is 2.43. The monoisotopic (exact) mass is 498 g/mol. The highest BCUT2D eigenvalue weighted by molar-refractivity contribution is 7.99. The Morgan fingerprint density at radius 3 is 2.67 bits per heavy atom. The summed E-state index contributed by atoms with van der Waals surface area (Å²) < 4.78 is 4.46. The molecule has 36 heavy (non-hydrogen) atoms. The first kappa shape index (κ1) is 24.0. The zero-order chi connectivity index (χ0) is 25.1. The van der Waals surface area contributed by atoms with Crippen molar-refractivity contribution in [3.05, 3.63) is 66.7 Å². The molecule has 2 aromatic carbocycles. The van der Waals surface area contributed by atoms with Crippen molar-refractivity contribution >= 4 is 34.4 Å². The molecule has 1 aliphatic rings. The molecule has 0 unspecified atom stereocenters. The predicted octanol–water partition coefficient (Wildman–Crippen LogP) is 6.42. The zero-order valence-electron chi connectivity index (χ0n) is 20.6. The van der Waals surface area contributed by atoms with Gasteiger partial charge in [-0.3, -0.25) is 0 Å². The molecule has 2 N–H and O–H groups in total. The molecular formula is C28H30N6OS. The topological polar surface area (TPSA) is 87.7 Å². The molecule has 1 fully saturated rings. The summed E-state index contributed by atoms with van der Waals surface area (Å²) in [6.45, 7) is 4.75. The van der Waals surface area contributed by atoms with Crippen LogP contribution in [0.15, 0.2) is 66.1 Å². The molecule has 2 heterocycles. The number of fused-ring (bicyclic) bond motifs is 1. The van der Waals surface area contributed by atoms with E-state index in [1.807, 2.05) is 62.4 Å². The maximum atomic E-state index is 12.1. The van der Waals surface area contributed by atoms with Crippen LogP contribution in [0.2, 0.25) is 0 Å². The minimum absolute atomic E-state index is 0.0644. The SMILES string of the molecule is CC(C)NC(=O)Nc1ccc(-c2c(C#N)c3ccc(SCCn4ccnc4)cc3n2C2CCC2)cc1. The van der Waals surface area contributed by atoms with E-state index in [0.29, 0.717) is 11.6 Å². The quantitative estimate of drug-likeness (QED) is 0.274. The van der Waals surface area contributed by atoms with Crippen molar-refractivity contribution in [1.29, 1.82) is 5.26 Å². The van der Waals surface area contributed by atoms with Crippen LogP contribution in [0, 0.1) is 11.3 Å². The van der Waals surface area contributed by atoms with E-state index in [0.717, 1.165) is 53.0 Å². The van der Waals surface area contributed by atoms with E-state index in [2.05, 4.69) is 49.0 Å². The summed E-state index contributed by atoms with van der Waals surface area (Å²) >= 11 is 1.82. The van der Waals surface area contributed by atoms with Crippen LogP contribution in [0.25, 0.3) is 22.2 Å². The molecule has 4 aromatic rings. The van der Waals surface area contributed by atoms with Gasteiger partial charge >= 0.3 is 6.03 Å². The molecule has 0 spiro atoms. The first-order chi connectivity index (χ1) is 17.5. The minimum atomic E-state index is -0.225. The van der Waals surface area contributed by atoms with Crippen LogP contribution in [0.3, 0.4) is 0 Å². The average Bonchev–Trinajstić information content (AvgIpc) is 3.44. The number of rotatable bonds is 8. The number of thioether (sulfide) groups is 1. The maximum Gasteiger partial charge on any atom is 0.319 e. The van der Waals surface area contributed by atoms with Crippen LogP contribution in [0.1, 0.15) is 44.7 Å². The van der Waals surface area contributed by atoms with Gasteiger partial charge in [0.05, 0.1) is 23.1 Å². The van der Waals surface area contributed by atoms with Gasteiger partial charge in [-0.15, -0.1) is 11.8 Å². The van der Waals surface area contributed by atoms with Crippen LogP contribution >= 0.6 is 11.8 Å². The van der Waals surface area contributed by atoms with Gasteiger partial charge in [0.25, 0.3) is 0 Å². The number of aryl methyl sites for hydroxylation is 1. The number of imidazole rings is 1. The molecule has 0 aliphatic heterocycles. The zero-order valence-corrected chi connectivity index (χ0v) is 21.4. The fourth-order valence-corrected chi connectivity index (χ4v) is 5.53. The van der Waals surface area contributed by atoms with E-state index in [-0.39, 0.29) is 12.1 Å². The lowest BCUT2D eigenvalue weighted by molar-refractivity contribution is 0.250. The molecule has 184 valence electrons. The molecule has 0 radical (unpaired) electrons. The van der Waals surface area contributed by atoms with Crippen molar-refractivity contribution in [3.63, 3.8) is 0 Å². The van der Waals surface area contributed by atoms with Crippen molar-refractivity contribution in [2.45, 2.75) is 56.6 Å². The van der Waals surface area contributed by atoms with Gasteiger partial charge in [0.2, 0.25) is 0 Å². The summed E-state index contributed by atoms with van der Waals surface area (Å²) in [4.78, 5) is 17.4. The van der Waals surface area contributed by atoms with Gasteiger partial charge in [0, 0.05) is 52.7 Å². The molecule has 1 saturated carbocycles. The third kappa shape index (κ3) is 4.98. The number of nitriles is 1. The number of aromatic nitrogens is 3. The molecule has 0 saturated heterocycles. The Bertz CT molecular complexity index is 1390. The van der Waals surface area contributed by atoms with E-state index in [1.54, 1.807) is 6.20 Å². The summed E-state index contributed by atoms with van der Waals surface area (Å²) in [5.41, 5.74) is 4.51. The second-order valence-electron chi connectivity index (χ2n) is 9.45. The van der Waals surface area contributed by atoms with E-state index in [9.17, 15) is 10.1 Å². The molecule has 2 amide bonds. The number of hydrogen-bond donors (Lipinski definition) is 2. The number of benzene rings is 2. The molecule has 0 atom stereocenters. The van der Waals surface area contributed by atoms with Gasteiger partial charge in [-0.05, 0) is 62.9 Å².